The Morgan fingerprint density at radius 3 is 2.40 bits per heavy atom. The van der Waals surface area contributed by atoms with Crippen LogP contribution in [0.3, 0.4) is 0 Å². The number of nitrogens with one attached hydrogen (secondary N) is 2. The Kier molecular flexibility index (Phi) is 6.59. The van der Waals surface area contributed by atoms with Gasteiger partial charge in [0, 0.05) is 5.69 Å². The second kappa shape index (κ2) is 8.89. The van der Waals surface area contributed by atoms with Crippen LogP contribution in [0.15, 0.2) is 42.5 Å². The highest BCUT2D eigenvalue weighted by Crippen LogP contribution is 2.19. The largest absolute Gasteiger partial charge is 0.497 e. The van der Waals surface area contributed by atoms with Gasteiger partial charge in [-0.15, -0.1) is 0 Å². The second-order valence-electron chi connectivity index (χ2n) is 4.92. The first-order chi connectivity index (χ1) is 12.0. The van der Waals surface area contributed by atoms with Crippen molar-refractivity contribution in [3.05, 3.63) is 53.3 Å². The second-order valence-corrected chi connectivity index (χ2v) is 5.33. The molecule has 0 atom stereocenters. The summed E-state index contributed by atoms with van der Waals surface area (Å²) in [4.78, 5) is 23.4. The summed E-state index contributed by atoms with van der Waals surface area (Å²) < 4.78 is 23.3. The van der Waals surface area contributed by atoms with Crippen LogP contribution in [0.2, 0.25) is 5.02 Å². The van der Waals surface area contributed by atoms with Gasteiger partial charge in [-0.25, -0.2) is 4.39 Å². The quantitative estimate of drug-likeness (QED) is 0.789. The summed E-state index contributed by atoms with van der Waals surface area (Å²) >= 11 is 5.62. The molecular weight excluding hydrogens is 351 g/mol. The maximum Gasteiger partial charge on any atom is 0.258 e. The molecule has 0 aliphatic rings. The predicted molar refractivity (Wildman–Crippen MR) is 91.5 cm³/mol. The fourth-order valence-electron chi connectivity index (χ4n) is 1.83. The number of anilines is 1. The predicted octanol–water partition coefficient (Wildman–Crippen LogP) is 2.62. The minimum Gasteiger partial charge on any atom is -0.497 e. The highest BCUT2D eigenvalue weighted by atomic mass is 35.5. The molecule has 0 unspecified atom stereocenters. The van der Waals surface area contributed by atoms with E-state index in [9.17, 15) is 14.0 Å². The summed E-state index contributed by atoms with van der Waals surface area (Å²) in [6.45, 7) is -0.484. The van der Waals surface area contributed by atoms with E-state index in [-0.39, 0.29) is 18.2 Å². The van der Waals surface area contributed by atoms with Gasteiger partial charge >= 0.3 is 0 Å². The topological polar surface area (TPSA) is 76.7 Å². The number of carbonyl (C=O) groups is 2. The summed E-state index contributed by atoms with van der Waals surface area (Å²) in [5.74, 6) is -0.331. The minimum absolute atomic E-state index is 0.102. The number of hydrogen-bond acceptors (Lipinski definition) is 4. The number of benzene rings is 2. The molecule has 0 fully saturated rings. The average molecular weight is 367 g/mol. The van der Waals surface area contributed by atoms with Crippen molar-refractivity contribution in [1.29, 1.82) is 0 Å². The number of rotatable bonds is 7. The van der Waals surface area contributed by atoms with Crippen LogP contribution in [0.5, 0.6) is 11.5 Å². The Balaban J connectivity index is 1.73. The molecule has 0 radical (unpaired) electrons. The van der Waals surface area contributed by atoms with Crippen molar-refractivity contribution < 1.29 is 23.5 Å². The van der Waals surface area contributed by atoms with Crippen LogP contribution >= 0.6 is 11.6 Å². The van der Waals surface area contributed by atoms with Gasteiger partial charge < -0.3 is 20.1 Å². The fraction of sp³-hybridized carbons (Fsp3) is 0.176. The SMILES string of the molecule is COc1ccc(OCC(=O)NCC(=O)Nc2ccc(F)c(Cl)c2)cc1. The lowest BCUT2D eigenvalue weighted by Crippen LogP contribution is -2.35. The van der Waals surface area contributed by atoms with Crippen molar-refractivity contribution in [3.63, 3.8) is 0 Å². The third-order valence-electron chi connectivity index (χ3n) is 3.08. The zero-order valence-electron chi connectivity index (χ0n) is 13.3. The van der Waals surface area contributed by atoms with E-state index in [2.05, 4.69) is 10.6 Å². The van der Waals surface area contributed by atoms with Gasteiger partial charge in [0.05, 0.1) is 18.7 Å². The smallest absolute Gasteiger partial charge is 0.258 e. The molecule has 2 N–H and O–H groups in total. The van der Waals surface area contributed by atoms with Gasteiger partial charge in [-0.3, -0.25) is 9.59 Å². The molecule has 2 aromatic rings. The molecule has 0 bridgehead atoms. The highest BCUT2D eigenvalue weighted by molar-refractivity contribution is 6.31. The number of hydrogen-bond donors (Lipinski definition) is 2. The molecule has 2 rings (SSSR count). The van der Waals surface area contributed by atoms with Crippen molar-refractivity contribution in [3.8, 4) is 11.5 Å². The van der Waals surface area contributed by atoms with Crippen molar-refractivity contribution in [2.45, 2.75) is 0 Å². The van der Waals surface area contributed by atoms with Crippen LogP contribution in [0.25, 0.3) is 0 Å². The van der Waals surface area contributed by atoms with E-state index in [0.717, 1.165) is 6.07 Å². The number of carbonyl (C=O) groups excluding carboxylic acids is 2. The van der Waals surface area contributed by atoms with Crippen LogP contribution in [0.4, 0.5) is 10.1 Å². The van der Waals surface area contributed by atoms with Crippen molar-refractivity contribution in [2.24, 2.45) is 0 Å². The molecule has 6 nitrogen and oxygen atoms in total. The van der Waals surface area contributed by atoms with Crippen LogP contribution in [-0.2, 0) is 9.59 Å². The van der Waals surface area contributed by atoms with Gasteiger partial charge in [0.1, 0.15) is 17.3 Å². The van der Waals surface area contributed by atoms with E-state index in [1.165, 1.54) is 12.1 Å². The highest BCUT2D eigenvalue weighted by Gasteiger charge is 2.08. The first kappa shape index (κ1) is 18.5. The molecule has 132 valence electrons. The molecule has 2 aromatic carbocycles. The van der Waals surface area contributed by atoms with Gasteiger partial charge in [0.25, 0.3) is 5.91 Å². The Hall–Kier alpha value is -2.80. The lowest BCUT2D eigenvalue weighted by molar-refractivity contribution is -0.125. The van der Waals surface area contributed by atoms with Crippen molar-refractivity contribution in [2.75, 3.05) is 25.6 Å². The summed E-state index contributed by atoms with van der Waals surface area (Å²) in [6.07, 6.45) is 0. The third-order valence-corrected chi connectivity index (χ3v) is 3.37. The van der Waals surface area contributed by atoms with E-state index in [0.29, 0.717) is 17.2 Å². The molecule has 0 aliphatic heterocycles. The summed E-state index contributed by atoms with van der Waals surface area (Å²) in [5, 5.41) is 4.80. The zero-order chi connectivity index (χ0) is 18.2. The monoisotopic (exact) mass is 366 g/mol. The molecule has 0 saturated carbocycles. The van der Waals surface area contributed by atoms with Crippen LogP contribution in [-0.4, -0.2) is 32.1 Å². The molecule has 2 amide bonds. The third kappa shape index (κ3) is 5.96. The van der Waals surface area contributed by atoms with Crippen LogP contribution in [0.1, 0.15) is 0 Å². The van der Waals surface area contributed by atoms with Gasteiger partial charge in [-0.05, 0) is 42.5 Å². The Morgan fingerprint density at radius 1 is 1.08 bits per heavy atom. The summed E-state index contributed by atoms with van der Waals surface area (Å²) in [5.41, 5.74) is 0.333. The number of methoxy groups -OCH3 is 1. The average Bonchev–Trinajstić information content (AvgIpc) is 2.61. The van der Waals surface area contributed by atoms with Crippen LogP contribution < -0.4 is 20.1 Å². The lowest BCUT2D eigenvalue weighted by atomic mass is 10.3. The zero-order valence-corrected chi connectivity index (χ0v) is 14.1. The molecule has 0 spiro atoms. The number of amides is 2. The van der Waals surface area contributed by atoms with Gasteiger partial charge in [0.15, 0.2) is 6.61 Å². The first-order valence-electron chi connectivity index (χ1n) is 7.26. The van der Waals surface area contributed by atoms with Crippen LogP contribution in [0, 0.1) is 5.82 Å². The van der Waals surface area contributed by atoms with E-state index < -0.39 is 17.6 Å². The Labute approximate surface area is 148 Å². The molecule has 0 aromatic heterocycles. The standard InChI is InChI=1S/C17H16ClFN2O4/c1-24-12-3-5-13(6-4-12)25-10-17(23)20-9-16(22)21-11-2-7-15(19)14(18)8-11/h2-8H,9-10H2,1H3,(H,20,23)(H,21,22). The number of halogens is 2. The molecule has 0 aliphatic carbocycles. The van der Waals surface area contributed by atoms with E-state index in [1.54, 1.807) is 31.4 Å². The minimum atomic E-state index is -0.580. The molecule has 25 heavy (non-hydrogen) atoms. The normalized spacial score (nSPS) is 10.0. The molecular formula is C17H16ClFN2O4. The Morgan fingerprint density at radius 2 is 1.76 bits per heavy atom. The maximum absolute atomic E-state index is 13.0. The molecule has 0 saturated heterocycles. The van der Waals surface area contributed by atoms with Gasteiger partial charge in [-0.2, -0.15) is 0 Å². The van der Waals surface area contributed by atoms with E-state index in [4.69, 9.17) is 21.1 Å². The molecule has 8 heteroatoms. The first-order valence-corrected chi connectivity index (χ1v) is 7.64. The lowest BCUT2D eigenvalue weighted by Gasteiger charge is -2.09. The van der Waals surface area contributed by atoms with Crippen molar-refractivity contribution >= 4 is 29.1 Å². The van der Waals surface area contributed by atoms with Gasteiger partial charge in [0.2, 0.25) is 5.91 Å². The maximum atomic E-state index is 13.0. The van der Waals surface area contributed by atoms with Gasteiger partial charge in [-0.1, -0.05) is 11.6 Å². The van der Waals surface area contributed by atoms with Crippen molar-refractivity contribution in [1.82, 2.24) is 5.32 Å². The Bertz CT molecular complexity index is 753. The van der Waals surface area contributed by atoms with E-state index >= 15 is 0 Å². The number of ether oxygens (including phenoxy) is 2. The fourth-order valence-corrected chi connectivity index (χ4v) is 2.01. The summed E-state index contributed by atoms with van der Waals surface area (Å²) in [6, 6.07) is 10.5. The molecule has 0 heterocycles. The summed E-state index contributed by atoms with van der Waals surface area (Å²) in [7, 11) is 1.55. The van der Waals surface area contributed by atoms with E-state index in [1.807, 2.05) is 0 Å².